The molecule has 0 atom stereocenters. The van der Waals surface area contributed by atoms with Crippen LogP contribution in [0.4, 0.5) is 11.4 Å². The summed E-state index contributed by atoms with van der Waals surface area (Å²) in [6.45, 7) is 0. The molecule has 2 rings (SSSR count). The van der Waals surface area contributed by atoms with Gasteiger partial charge in [-0.1, -0.05) is 12.1 Å². The molecular formula is C12H14N2OS2. The minimum atomic E-state index is 1.01. The molecule has 0 amide bonds. The molecule has 3 nitrogen and oxygen atoms in total. The number of benzene rings is 1. The maximum absolute atomic E-state index is 4.93. The Hall–Kier alpha value is -1.17. The lowest BCUT2D eigenvalue weighted by molar-refractivity contribution is 0.492. The Labute approximate surface area is 110 Å². The van der Waals surface area contributed by atoms with Crippen LogP contribution in [-0.2, 0) is 4.18 Å². The quantitative estimate of drug-likeness (QED) is 0.631. The van der Waals surface area contributed by atoms with Crippen molar-refractivity contribution in [3.63, 3.8) is 0 Å². The number of thiophene rings is 1. The number of rotatable bonds is 5. The molecule has 0 saturated carbocycles. The number of nitrogens with one attached hydrogen (secondary N) is 2. The highest BCUT2D eigenvalue weighted by atomic mass is 32.2. The summed E-state index contributed by atoms with van der Waals surface area (Å²) in [6, 6.07) is 10.5. The van der Waals surface area contributed by atoms with Gasteiger partial charge in [-0.25, -0.2) is 0 Å². The van der Waals surface area contributed by atoms with E-state index < -0.39 is 0 Å². The van der Waals surface area contributed by atoms with E-state index in [9.17, 15) is 0 Å². The molecule has 0 aliphatic heterocycles. The second-order valence-electron chi connectivity index (χ2n) is 3.34. The van der Waals surface area contributed by atoms with Gasteiger partial charge in [0.05, 0.1) is 18.5 Å². The molecule has 1 aromatic heterocycles. The standard InChI is InChI=1S/C12H14N2OS2/c1-13-11-8-9(12-4-3-7-16-12)5-6-10(11)14-17-15-2/h3-8,13-14H,1-2H3. The molecule has 0 spiro atoms. The highest BCUT2D eigenvalue weighted by Gasteiger charge is 2.04. The van der Waals surface area contributed by atoms with Crippen molar-refractivity contribution in [2.24, 2.45) is 0 Å². The molecule has 90 valence electrons. The smallest absolute Gasteiger partial charge is 0.111 e. The van der Waals surface area contributed by atoms with Crippen LogP contribution in [0.25, 0.3) is 10.4 Å². The third-order valence-corrected chi connectivity index (χ3v) is 3.72. The van der Waals surface area contributed by atoms with Gasteiger partial charge in [-0.05, 0) is 29.1 Å². The van der Waals surface area contributed by atoms with Crippen molar-refractivity contribution in [1.29, 1.82) is 0 Å². The van der Waals surface area contributed by atoms with Gasteiger partial charge in [-0.2, -0.15) is 0 Å². The molecule has 0 bridgehead atoms. The van der Waals surface area contributed by atoms with Gasteiger partial charge in [0.25, 0.3) is 0 Å². The molecule has 17 heavy (non-hydrogen) atoms. The number of hydrogen-bond donors (Lipinski definition) is 2. The predicted octanol–water partition coefficient (Wildman–Crippen LogP) is 4.08. The van der Waals surface area contributed by atoms with Crippen LogP contribution in [0.15, 0.2) is 35.7 Å². The van der Waals surface area contributed by atoms with E-state index in [1.165, 1.54) is 22.7 Å². The van der Waals surface area contributed by atoms with Crippen molar-refractivity contribution in [3.05, 3.63) is 35.7 Å². The first-order valence-corrected chi connectivity index (χ1v) is 6.78. The SMILES string of the molecule is CNc1cc(-c2cccs2)ccc1NSOC. The Morgan fingerprint density at radius 2 is 2.12 bits per heavy atom. The van der Waals surface area contributed by atoms with E-state index in [2.05, 4.69) is 39.7 Å². The first kappa shape index (κ1) is 12.3. The van der Waals surface area contributed by atoms with Gasteiger partial charge >= 0.3 is 0 Å². The van der Waals surface area contributed by atoms with Crippen LogP contribution in [0, 0.1) is 0 Å². The van der Waals surface area contributed by atoms with E-state index in [1.54, 1.807) is 18.4 Å². The second kappa shape index (κ2) is 5.95. The second-order valence-corrected chi connectivity index (χ2v) is 4.99. The molecule has 5 heteroatoms. The van der Waals surface area contributed by atoms with Crippen molar-refractivity contribution < 1.29 is 4.18 Å². The molecule has 1 aromatic carbocycles. The zero-order valence-electron chi connectivity index (χ0n) is 9.69. The molecule has 1 heterocycles. The van der Waals surface area contributed by atoms with E-state index in [0.717, 1.165) is 11.4 Å². The first-order valence-electron chi connectivity index (χ1n) is 5.16. The van der Waals surface area contributed by atoms with Crippen LogP contribution in [0.1, 0.15) is 0 Å². The van der Waals surface area contributed by atoms with Crippen LogP contribution >= 0.6 is 23.6 Å². The Kier molecular flexibility index (Phi) is 4.30. The fourth-order valence-corrected chi connectivity index (χ4v) is 2.60. The third kappa shape index (κ3) is 2.94. The lowest BCUT2D eigenvalue weighted by Gasteiger charge is -2.11. The molecule has 0 aliphatic rings. The zero-order valence-corrected chi connectivity index (χ0v) is 11.3. The average molecular weight is 266 g/mol. The van der Waals surface area contributed by atoms with Crippen LogP contribution in [0.3, 0.4) is 0 Å². The fourth-order valence-electron chi connectivity index (χ4n) is 1.52. The van der Waals surface area contributed by atoms with E-state index in [0.29, 0.717) is 0 Å². The van der Waals surface area contributed by atoms with Crippen molar-refractivity contribution in [2.75, 3.05) is 24.2 Å². The molecular weight excluding hydrogens is 252 g/mol. The molecule has 2 N–H and O–H groups in total. The minimum Gasteiger partial charge on any atom is -0.386 e. The first-order chi connectivity index (χ1) is 8.35. The predicted molar refractivity (Wildman–Crippen MR) is 77.5 cm³/mol. The Morgan fingerprint density at radius 3 is 2.76 bits per heavy atom. The minimum absolute atomic E-state index is 1.01. The third-order valence-electron chi connectivity index (χ3n) is 2.33. The Bertz CT molecular complexity index is 471. The summed E-state index contributed by atoms with van der Waals surface area (Å²) in [5, 5.41) is 5.26. The van der Waals surface area contributed by atoms with E-state index in [4.69, 9.17) is 4.18 Å². The summed E-state index contributed by atoms with van der Waals surface area (Å²) < 4.78 is 8.05. The van der Waals surface area contributed by atoms with Crippen LogP contribution in [0.2, 0.25) is 0 Å². The normalized spacial score (nSPS) is 10.2. The van der Waals surface area contributed by atoms with Gasteiger partial charge in [-0.15, -0.1) is 11.3 Å². The Balaban J connectivity index is 2.27. The summed E-state index contributed by atoms with van der Waals surface area (Å²) in [5.41, 5.74) is 3.29. The summed E-state index contributed by atoms with van der Waals surface area (Å²) in [5.74, 6) is 0. The van der Waals surface area contributed by atoms with Crippen molar-refractivity contribution in [2.45, 2.75) is 0 Å². The molecule has 0 unspecified atom stereocenters. The van der Waals surface area contributed by atoms with Crippen LogP contribution in [0.5, 0.6) is 0 Å². The largest absolute Gasteiger partial charge is 0.386 e. The maximum atomic E-state index is 4.93. The molecule has 0 saturated heterocycles. The van der Waals surface area contributed by atoms with Gasteiger partial charge < -0.3 is 14.2 Å². The highest BCUT2D eigenvalue weighted by Crippen LogP contribution is 2.32. The number of anilines is 2. The Morgan fingerprint density at radius 1 is 1.24 bits per heavy atom. The monoisotopic (exact) mass is 266 g/mol. The van der Waals surface area contributed by atoms with E-state index in [1.807, 2.05) is 13.1 Å². The van der Waals surface area contributed by atoms with Gasteiger partial charge in [0.2, 0.25) is 0 Å². The van der Waals surface area contributed by atoms with Gasteiger partial charge in [0.15, 0.2) is 0 Å². The zero-order chi connectivity index (χ0) is 12.1. The summed E-state index contributed by atoms with van der Waals surface area (Å²) in [4.78, 5) is 1.27. The van der Waals surface area contributed by atoms with Gasteiger partial charge in [0, 0.05) is 11.9 Å². The molecule has 0 aliphatic carbocycles. The maximum Gasteiger partial charge on any atom is 0.111 e. The fraction of sp³-hybridized carbons (Fsp3) is 0.167. The lowest BCUT2D eigenvalue weighted by atomic mass is 10.1. The topological polar surface area (TPSA) is 33.3 Å². The summed E-state index contributed by atoms with van der Waals surface area (Å²) in [6.07, 6.45) is 0. The lowest BCUT2D eigenvalue weighted by Crippen LogP contribution is -1.95. The van der Waals surface area contributed by atoms with Crippen LogP contribution in [-0.4, -0.2) is 14.2 Å². The average Bonchev–Trinajstić information content (AvgIpc) is 2.90. The van der Waals surface area contributed by atoms with E-state index >= 15 is 0 Å². The molecule has 0 radical (unpaired) electrons. The van der Waals surface area contributed by atoms with E-state index in [-0.39, 0.29) is 0 Å². The van der Waals surface area contributed by atoms with Gasteiger partial charge in [-0.3, -0.25) is 0 Å². The summed E-state index contributed by atoms with van der Waals surface area (Å²) >= 11 is 2.95. The molecule has 2 aromatic rings. The van der Waals surface area contributed by atoms with Crippen molar-refractivity contribution in [3.8, 4) is 10.4 Å². The highest BCUT2D eigenvalue weighted by molar-refractivity contribution is 7.96. The van der Waals surface area contributed by atoms with Gasteiger partial charge in [0.1, 0.15) is 12.2 Å². The number of hydrogen-bond acceptors (Lipinski definition) is 5. The molecule has 0 fully saturated rings. The van der Waals surface area contributed by atoms with Crippen molar-refractivity contribution in [1.82, 2.24) is 0 Å². The van der Waals surface area contributed by atoms with Crippen LogP contribution < -0.4 is 10.0 Å². The van der Waals surface area contributed by atoms with Crippen molar-refractivity contribution >= 4 is 34.9 Å². The summed E-state index contributed by atoms with van der Waals surface area (Å²) in [7, 11) is 3.55.